The van der Waals surface area contributed by atoms with Crippen molar-refractivity contribution in [2.45, 2.75) is 69.1 Å². The van der Waals surface area contributed by atoms with Crippen LogP contribution in [0.25, 0.3) is 0 Å². The van der Waals surface area contributed by atoms with Crippen LogP contribution < -0.4 is 21.7 Å². The summed E-state index contributed by atoms with van der Waals surface area (Å²) in [6, 6.07) is 13.5. The predicted molar refractivity (Wildman–Crippen MR) is 192 cm³/mol. The number of methoxy groups -OCH3 is 1. The normalized spacial score (nSPS) is 13.2. The molecule has 4 amide bonds. The van der Waals surface area contributed by atoms with Crippen molar-refractivity contribution >= 4 is 29.9 Å². The zero-order valence-corrected chi connectivity index (χ0v) is 29.4. The Labute approximate surface area is 302 Å². The molecule has 0 heterocycles. The number of rotatable bonds is 21. The molecule has 0 unspecified atom stereocenters. The zero-order valence-electron chi connectivity index (χ0n) is 29.4. The summed E-state index contributed by atoms with van der Waals surface area (Å²) in [5.41, 5.74) is 7.53. The van der Waals surface area contributed by atoms with Crippen molar-refractivity contribution in [3.63, 3.8) is 0 Å². The van der Waals surface area contributed by atoms with Crippen molar-refractivity contribution in [2.24, 2.45) is 5.73 Å². The molecule has 0 aliphatic carbocycles. The number of nitrogens with zero attached hydrogens (tertiary/aromatic N) is 1. The molecule has 52 heavy (non-hydrogen) atoms. The highest BCUT2D eigenvalue weighted by Crippen LogP contribution is 2.16. The molecular formula is C38H48FN5O8. The summed E-state index contributed by atoms with van der Waals surface area (Å²) in [6.45, 7) is 0.158. The number of likely N-dealkylation sites (N-methyl/N-ethyl adjacent to an activating group) is 1. The van der Waals surface area contributed by atoms with Gasteiger partial charge in [0.1, 0.15) is 41.7 Å². The molecule has 7 N–H and O–H groups in total. The SMILES string of the molecule is COC[C@H](NC(=O)[C@@H](Cc1ccc(O)cc1)NC(=O)CCc1ccc(F)cc1)C(=O)N(C)[C@@H](Cc1ccc(O)cc1)C(=O)N[C@@H](C=O)CCCCN. The largest absolute Gasteiger partial charge is 0.508 e. The van der Waals surface area contributed by atoms with Crippen LogP contribution in [0.4, 0.5) is 4.39 Å². The van der Waals surface area contributed by atoms with Crippen molar-refractivity contribution in [3.05, 3.63) is 95.3 Å². The Bertz CT molecular complexity index is 1610. The average Bonchev–Trinajstić information content (AvgIpc) is 3.13. The van der Waals surface area contributed by atoms with Gasteiger partial charge in [0.2, 0.25) is 23.6 Å². The molecule has 3 aromatic carbocycles. The minimum Gasteiger partial charge on any atom is -0.508 e. The molecule has 3 rings (SSSR count). The van der Waals surface area contributed by atoms with Crippen LogP contribution in [0.5, 0.6) is 11.5 Å². The number of ether oxygens (including phenoxy) is 1. The minimum atomic E-state index is -1.29. The molecule has 3 aromatic rings. The van der Waals surface area contributed by atoms with Crippen LogP contribution in [0.15, 0.2) is 72.8 Å². The maximum absolute atomic E-state index is 14.0. The molecule has 14 heteroatoms. The second-order valence-corrected chi connectivity index (χ2v) is 12.5. The molecule has 0 bridgehead atoms. The van der Waals surface area contributed by atoms with Crippen molar-refractivity contribution < 1.29 is 43.3 Å². The molecule has 0 aromatic heterocycles. The number of benzene rings is 3. The number of aldehydes is 1. The van der Waals surface area contributed by atoms with Gasteiger partial charge in [-0.2, -0.15) is 0 Å². The number of hydrogen-bond donors (Lipinski definition) is 6. The van der Waals surface area contributed by atoms with Gasteiger partial charge in [0.15, 0.2) is 0 Å². The monoisotopic (exact) mass is 721 g/mol. The first kappa shape index (κ1) is 41.1. The third-order valence-electron chi connectivity index (χ3n) is 8.47. The van der Waals surface area contributed by atoms with Crippen molar-refractivity contribution in [1.82, 2.24) is 20.9 Å². The molecule has 4 atom stereocenters. The molecule has 0 aliphatic heterocycles. The Balaban J connectivity index is 1.82. The summed E-state index contributed by atoms with van der Waals surface area (Å²) in [5.74, 6) is -2.81. The number of phenols is 2. The number of phenolic OH excluding ortho intramolecular Hbond substituents is 2. The van der Waals surface area contributed by atoms with Crippen LogP contribution in [-0.2, 0) is 48.0 Å². The summed E-state index contributed by atoms with van der Waals surface area (Å²) in [5, 5.41) is 27.6. The standard InChI is InChI=1S/C38H48FN5O8/c1-44(34(22-27-10-17-31(47)18-11-27)37(50)41-29(23-45)5-3-4-20-40)38(51)33(24-52-2)43-36(49)32(21-26-8-15-30(46)16-9-26)42-35(48)19-12-25-6-13-28(39)14-7-25/h6-11,13-18,23,29,32-34,46-47H,3-5,12,19-22,24,40H2,1-2H3,(H,41,50)(H,42,48)(H,43,49)/t29-,32-,33+,34+/m1/s1. The Hall–Kier alpha value is -5.34. The van der Waals surface area contributed by atoms with Gasteiger partial charge in [0.25, 0.3) is 0 Å². The van der Waals surface area contributed by atoms with E-state index < -0.39 is 53.6 Å². The Morgan fingerprint density at radius 1 is 0.808 bits per heavy atom. The van der Waals surface area contributed by atoms with E-state index in [4.69, 9.17) is 10.5 Å². The van der Waals surface area contributed by atoms with E-state index in [1.54, 1.807) is 36.4 Å². The van der Waals surface area contributed by atoms with Crippen molar-refractivity contribution in [3.8, 4) is 11.5 Å². The van der Waals surface area contributed by atoms with Crippen LogP contribution in [0.3, 0.4) is 0 Å². The van der Waals surface area contributed by atoms with Gasteiger partial charge in [-0.15, -0.1) is 0 Å². The van der Waals surface area contributed by atoms with Crippen molar-refractivity contribution in [1.29, 1.82) is 0 Å². The summed E-state index contributed by atoms with van der Waals surface area (Å²) in [7, 11) is 2.74. The summed E-state index contributed by atoms with van der Waals surface area (Å²) < 4.78 is 18.6. The third-order valence-corrected chi connectivity index (χ3v) is 8.47. The number of hydrogen-bond acceptors (Lipinski definition) is 9. The van der Waals surface area contributed by atoms with E-state index in [1.807, 2.05) is 0 Å². The summed E-state index contributed by atoms with van der Waals surface area (Å²) >= 11 is 0. The number of unbranched alkanes of at least 4 members (excludes halogenated alkanes) is 1. The number of aryl methyl sites for hydroxylation is 1. The fraction of sp³-hybridized carbons (Fsp3) is 0.395. The average molecular weight is 722 g/mol. The first-order valence-electron chi connectivity index (χ1n) is 17.0. The molecule has 0 aliphatic rings. The second kappa shape index (κ2) is 21.1. The van der Waals surface area contributed by atoms with E-state index in [0.29, 0.717) is 43.2 Å². The van der Waals surface area contributed by atoms with Gasteiger partial charge in [0.05, 0.1) is 12.6 Å². The lowest BCUT2D eigenvalue weighted by Crippen LogP contribution is -2.59. The van der Waals surface area contributed by atoms with Gasteiger partial charge < -0.3 is 46.3 Å². The molecular weight excluding hydrogens is 673 g/mol. The first-order chi connectivity index (χ1) is 24.9. The lowest BCUT2D eigenvalue weighted by molar-refractivity contribution is -0.143. The van der Waals surface area contributed by atoms with E-state index in [1.165, 1.54) is 55.5 Å². The van der Waals surface area contributed by atoms with Crippen LogP contribution in [-0.4, -0.2) is 96.5 Å². The number of amides is 4. The van der Waals surface area contributed by atoms with Crippen molar-refractivity contribution in [2.75, 3.05) is 27.3 Å². The van der Waals surface area contributed by atoms with Crippen LogP contribution in [0, 0.1) is 5.82 Å². The Kier molecular flexibility index (Phi) is 16.7. The molecule has 13 nitrogen and oxygen atoms in total. The van der Waals surface area contributed by atoms with Gasteiger partial charge in [-0.25, -0.2) is 4.39 Å². The lowest BCUT2D eigenvalue weighted by atomic mass is 10.0. The Morgan fingerprint density at radius 2 is 1.38 bits per heavy atom. The summed E-state index contributed by atoms with van der Waals surface area (Å²) in [6.07, 6.45) is 2.57. The molecule has 280 valence electrons. The third kappa shape index (κ3) is 13.4. The maximum atomic E-state index is 14.0. The maximum Gasteiger partial charge on any atom is 0.247 e. The van der Waals surface area contributed by atoms with Gasteiger partial charge in [-0.05, 0) is 85.3 Å². The van der Waals surface area contributed by atoms with Crippen LogP contribution >= 0.6 is 0 Å². The number of halogens is 1. The van der Waals surface area contributed by atoms with E-state index in [9.17, 15) is 38.6 Å². The van der Waals surface area contributed by atoms with E-state index in [0.717, 1.165) is 5.56 Å². The number of carbonyl (C=O) groups is 5. The highest BCUT2D eigenvalue weighted by atomic mass is 19.1. The Morgan fingerprint density at radius 3 is 1.94 bits per heavy atom. The first-order valence-corrected chi connectivity index (χ1v) is 17.0. The lowest BCUT2D eigenvalue weighted by Gasteiger charge is -2.32. The zero-order chi connectivity index (χ0) is 38.0. The highest BCUT2D eigenvalue weighted by molar-refractivity contribution is 5.95. The second-order valence-electron chi connectivity index (χ2n) is 12.5. The molecule has 0 saturated heterocycles. The topological polar surface area (TPSA) is 200 Å². The van der Waals surface area contributed by atoms with E-state index >= 15 is 0 Å². The number of nitrogens with one attached hydrogen (secondary N) is 3. The van der Waals surface area contributed by atoms with Gasteiger partial charge in [0, 0.05) is 33.4 Å². The van der Waals surface area contributed by atoms with Gasteiger partial charge in [-0.3, -0.25) is 19.2 Å². The molecule has 0 radical (unpaired) electrons. The quantitative estimate of drug-likeness (QED) is 0.0703. The molecule has 0 fully saturated rings. The van der Waals surface area contributed by atoms with Crippen LogP contribution in [0.2, 0.25) is 0 Å². The highest BCUT2D eigenvalue weighted by Gasteiger charge is 2.34. The van der Waals surface area contributed by atoms with Gasteiger partial charge in [-0.1, -0.05) is 36.4 Å². The van der Waals surface area contributed by atoms with E-state index in [2.05, 4.69) is 16.0 Å². The van der Waals surface area contributed by atoms with E-state index in [-0.39, 0.29) is 43.8 Å². The smallest absolute Gasteiger partial charge is 0.247 e. The number of nitrogens with two attached hydrogens (primary N) is 1. The fourth-order valence-corrected chi connectivity index (χ4v) is 5.49. The van der Waals surface area contributed by atoms with Crippen LogP contribution in [0.1, 0.15) is 42.4 Å². The number of aromatic hydroxyl groups is 2. The molecule has 0 saturated carbocycles. The fourth-order valence-electron chi connectivity index (χ4n) is 5.49. The summed E-state index contributed by atoms with van der Waals surface area (Å²) in [4.78, 5) is 67.5. The minimum absolute atomic E-state index is 0.00375. The van der Waals surface area contributed by atoms with Gasteiger partial charge >= 0.3 is 0 Å². The molecule has 0 spiro atoms. The number of carbonyl (C=O) groups excluding carboxylic acids is 5. The predicted octanol–water partition coefficient (Wildman–Crippen LogP) is 1.91.